The second kappa shape index (κ2) is 7.91. The number of amides is 1. The lowest BCUT2D eigenvalue weighted by Gasteiger charge is -1.99. The van der Waals surface area contributed by atoms with Crippen LogP contribution in [0.5, 0.6) is 5.75 Å². The average molecular weight is 366 g/mol. The standard InChI is InChI=1S/C18H14N4O5/c1-26-13-9-6-12(7-10-13)8-11-16(23)19-18-21-20-17(27-18)14-4-2-3-5-15(14)22(24)25/h2-11H,1H3,(H,19,21,23)/b11-8+. The first kappa shape index (κ1) is 17.8. The summed E-state index contributed by atoms with van der Waals surface area (Å²) in [5, 5.41) is 20.9. The minimum Gasteiger partial charge on any atom is -0.497 e. The summed E-state index contributed by atoms with van der Waals surface area (Å²) in [7, 11) is 1.57. The highest BCUT2D eigenvalue weighted by atomic mass is 16.6. The van der Waals surface area contributed by atoms with Crippen molar-refractivity contribution < 1.29 is 18.9 Å². The van der Waals surface area contributed by atoms with Crippen molar-refractivity contribution in [3.05, 3.63) is 70.3 Å². The van der Waals surface area contributed by atoms with E-state index in [2.05, 4.69) is 15.5 Å². The number of methoxy groups -OCH3 is 1. The van der Waals surface area contributed by atoms with Crippen LogP contribution in [0, 0.1) is 10.1 Å². The molecule has 0 saturated carbocycles. The molecule has 1 N–H and O–H groups in total. The summed E-state index contributed by atoms with van der Waals surface area (Å²) in [6.07, 6.45) is 2.91. The Kier molecular flexibility index (Phi) is 5.22. The van der Waals surface area contributed by atoms with E-state index >= 15 is 0 Å². The quantitative estimate of drug-likeness (QED) is 0.403. The van der Waals surface area contributed by atoms with Gasteiger partial charge in [-0.25, -0.2) is 0 Å². The fourth-order valence-corrected chi connectivity index (χ4v) is 2.23. The van der Waals surface area contributed by atoms with E-state index in [4.69, 9.17) is 9.15 Å². The molecule has 0 saturated heterocycles. The van der Waals surface area contributed by atoms with Crippen LogP contribution in [0.3, 0.4) is 0 Å². The molecule has 0 aliphatic rings. The van der Waals surface area contributed by atoms with Crippen molar-refractivity contribution in [2.75, 3.05) is 12.4 Å². The Labute approximate surface area is 153 Å². The molecule has 1 amide bonds. The normalized spacial score (nSPS) is 10.7. The number of hydrogen-bond acceptors (Lipinski definition) is 7. The molecule has 2 aromatic carbocycles. The SMILES string of the molecule is COc1ccc(/C=C/C(=O)Nc2nnc(-c3ccccc3[N+](=O)[O-])o2)cc1. The van der Waals surface area contributed by atoms with Gasteiger partial charge in [-0.05, 0) is 29.8 Å². The van der Waals surface area contributed by atoms with E-state index < -0.39 is 10.8 Å². The van der Waals surface area contributed by atoms with Gasteiger partial charge in [0.15, 0.2) is 0 Å². The van der Waals surface area contributed by atoms with E-state index in [0.717, 1.165) is 5.56 Å². The number of ether oxygens (including phenoxy) is 1. The van der Waals surface area contributed by atoms with Crippen LogP contribution in [0.25, 0.3) is 17.5 Å². The van der Waals surface area contributed by atoms with E-state index in [9.17, 15) is 14.9 Å². The topological polar surface area (TPSA) is 120 Å². The summed E-state index contributed by atoms with van der Waals surface area (Å²) >= 11 is 0. The third-order valence-electron chi connectivity index (χ3n) is 3.53. The zero-order valence-electron chi connectivity index (χ0n) is 14.2. The molecule has 27 heavy (non-hydrogen) atoms. The first-order valence-electron chi connectivity index (χ1n) is 7.77. The van der Waals surface area contributed by atoms with Gasteiger partial charge in [0.05, 0.1) is 12.0 Å². The van der Waals surface area contributed by atoms with Crippen molar-refractivity contribution in [2.45, 2.75) is 0 Å². The number of para-hydroxylation sites is 1. The summed E-state index contributed by atoms with van der Waals surface area (Å²) in [6, 6.07) is 12.9. The number of nitro groups is 1. The predicted molar refractivity (Wildman–Crippen MR) is 97.0 cm³/mol. The third-order valence-corrected chi connectivity index (χ3v) is 3.53. The molecule has 1 aromatic heterocycles. The van der Waals surface area contributed by atoms with Gasteiger partial charge in [-0.1, -0.05) is 29.4 Å². The van der Waals surface area contributed by atoms with Gasteiger partial charge in [0.25, 0.3) is 17.5 Å². The van der Waals surface area contributed by atoms with Crippen LogP contribution >= 0.6 is 0 Å². The maximum absolute atomic E-state index is 12.0. The smallest absolute Gasteiger partial charge is 0.322 e. The summed E-state index contributed by atoms with van der Waals surface area (Å²) in [5.74, 6) is 0.172. The number of hydrogen-bond donors (Lipinski definition) is 1. The fraction of sp³-hybridized carbons (Fsp3) is 0.0556. The molecular formula is C18H14N4O5. The Balaban J connectivity index is 1.69. The molecule has 0 aliphatic heterocycles. The van der Waals surface area contributed by atoms with E-state index in [0.29, 0.717) is 5.75 Å². The monoisotopic (exact) mass is 366 g/mol. The van der Waals surface area contributed by atoms with Crippen molar-refractivity contribution in [3.63, 3.8) is 0 Å². The van der Waals surface area contributed by atoms with Crippen LogP contribution in [-0.2, 0) is 4.79 Å². The molecule has 9 nitrogen and oxygen atoms in total. The lowest BCUT2D eigenvalue weighted by atomic mass is 10.2. The third kappa shape index (κ3) is 4.34. The van der Waals surface area contributed by atoms with Crippen molar-refractivity contribution in [3.8, 4) is 17.2 Å². The molecule has 0 spiro atoms. The second-order valence-corrected chi connectivity index (χ2v) is 5.28. The summed E-state index contributed by atoms with van der Waals surface area (Å²) in [4.78, 5) is 22.5. The van der Waals surface area contributed by atoms with Crippen molar-refractivity contribution in [2.24, 2.45) is 0 Å². The minimum atomic E-state index is -0.546. The van der Waals surface area contributed by atoms with Gasteiger partial charge in [0.1, 0.15) is 11.3 Å². The maximum Gasteiger partial charge on any atom is 0.322 e. The number of benzene rings is 2. The fourth-order valence-electron chi connectivity index (χ4n) is 2.23. The Morgan fingerprint density at radius 2 is 1.93 bits per heavy atom. The van der Waals surface area contributed by atoms with Crippen LogP contribution < -0.4 is 10.1 Å². The molecule has 0 aliphatic carbocycles. The second-order valence-electron chi connectivity index (χ2n) is 5.28. The molecule has 3 aromatic rings. The van der Waals surface area contributed by atoms with Crippen molar-refractivity contribution >= 4 is 23.7 Å². The number of nitrogens with one attached hydrogen (secondary N) is 1. The molecule has 0 radical (unpaired) electrons. The summed E-state index contributed by atoms with van der Waals surface area (Å²) < 4.78 is 10.4. The zero-order valence-corrected chi connectivity index (χ0v) is 14.2. The van der Waals surface area contributed by atoms with Crippen LogP contribution in [0.1, 0.15) is 5.56 Å². The largest absolute Gasteiger partial charge is 0.497 e. The van der Waals surface area contributed by atoms with E-state index in [1.54, 1.807) is 43.5 Å². The van der Waals surface area contributed by atoms with Crippen LogP contribution in [0.4, 0.5) is 11.7 Å². The number of carbonyl (C=O) groups excluding carboxylic acids is 1. The van der Waals surface area contributed by atoms with Gasteiger partial charge in [-0.15, -0.1) is 5.10 Å². The van der Waals surface area contributed by atoms with Crippen molar-refractivity contribution in [1.82, 2.24) is 10.2 Å². The minimum absolute atomic E-state index is 0.0586. The Morgan fingerprint density at radius 1 is 1.19 bits per heavy atom. The van der Waals surface area contributed by atoms with E-state index in [1.807, 2.05) is 0 Å². The van der Waals surface area contributed by atoms with Crippen LogP contribution in [-0.4, -0.2) is 28.1 Å². The molecule has 0 unspecified atom stereocenters. The molecule has 9 heteroatoms. The number of rotatable bonds is 6. The molecule has 0 fully saturated rings. The summed E-state index contributed by atoms with van der Waals surface area (Å²) in [5.41, 5.74) is 0.805. The number of aromatic nitrogens is 2. The van der Waals surface area contributed by atoms with E-state index in [-0.39, 0.29) is 23.2 Å². The summed E-state index contributed by atoms with van der Waals surface area (Å²) in [6.45, 7) is 0. The predicted octanol–water partition coefficient (Wildman–Crippen LogP) is 3.31. The number of nitro benzene ring substituents is 1. The Hall–Kier alpha value is -4.01. The van der Waals surface area contributed by atoms with Gasteiger partial charge < -0.3 is 9.15 Å². The van der Waals surface area contributed by atoms with Gasteiger partial charge in [0.2, 0.25) is 0 Å². The average Bonchev–Trinajstić information content (AvgIpc) is 3.15. The molecular weight excluding hydrogens is 352 g/mol. The first-order chi connectivity index (χ1) is 13.1. The van der Waals surface area contributed by atoms with E-state index in [1.165, 1.54) is 24.3 Å². The highest BCUT2D eigenvalue weighted by Crippen LogP contribution is 2.29. The van der Waals surface area contributed by atoms with Gasteiger partial charge in [0, 0.05) is 12.1 Å². The number of nitrogens with zero attached hydrogens (tertiary/aromatic N) is 3. The number of anilines is 1. The van der Waals surface area contributed by atoms with Gasteiger partial charge in [-0.2, -0.15) is 0 Å². The molecule has 136 valence electrons. The van der Waals surface area contributed by atoms with Crippen LogP contribution in [0.15, 0.2) is 59.0 Å². The zero-order chi connectivity index (χ0) is 19.2. The maximum atomic E-state index is 12.0. The molecule has 0 bridgehead atoms. The van der Waals surface area contributed by atoms with Gasteiger partial charge >= 0.3 is 6.01 Å². The highest BCUT2D eigenvalue weighted by molar-refractivity contribution is 6.00. The molecule has 0 atom stereocenters. The van der Waals surface area contributed by atoms with Gasteiger partial charge in [-0.3, -0.25) is 20.2 Å². The lowest BCUT2D eigenvalue weighted by Crippen LogP contribution is -2.07. The Morgan fingerprint density at radius 3 is 2.63 bits per heavy atom. The van der Waals surface area contributed by atoms with Crippen molar-refractivity contribution in [1.29, 1.82) is 0 Å². The molecule has 1 heterocycles. The highest BCUT2D eigenvalue weighted by Gasteiger charge is 2.19. The number of carbonyl (C=O) groups is 1. The lowest BCUT2D eigenvalue weighted by molar-refractivity contribution is -0.384. The molecule has 3 rings (SSSR count). The Bertz CT molecular complexity index is 995. The first-order valence-corrected chi connectivity index (χ1v) is 7.77. The van der Waals surface area contributed by atoms with Crippen LogP contribution in [0.2, 0.25) is 0 Å².